The van der Waals surface area contributed by atoms with E-state index in [2.05, 4.69) is 15.8 Å². The van der Waals surface area contributed by atoms with Crippen LogP contribution < -0.4 is 4.80 Å². The van der Waals surface area contributed by atoms with Crippen molar-refractivity contribution in [2.24, 2.45) is 4.99 Å². The maximum Gasteiger partial charge on any atom is 0.289 e. The predicted octanol–water partition coefficient (Wildman–Crippen LogP) is 5.18. The van der Waals surface area contributed by atoms with Crippen LogP contribution in [-0.2, 0) is 6.54 Å². The van der Waals surface area contributed by atoms with Crippen LogP contribution >= 0.6 is 57.6 Å². The molecular formula is C15H12Cl2N2OS3. The molecule has 0 unspecified atom stereocenters. The van der Waals surface area contributed by atoms with Crippen molar-refractivity contribution in [1.82, 2.24) is 4.57 Å². The van der Waals surface area contributed by atoms with Crippen LogP contribution in [0.15, 0.2) is 35.3 Å². The van der Waals surface area contributed by atoms with Gasteiger partial charge < -0.3 is 4.57 Å². The second kappa shape index (κ2) is 7.40. The smallest absolute Gasteiger partial charge is 0.289 e. The summed E-state index contributed by atoms with van der Waals surface area (Å²) in [7, 11) is 0. The van der Waals surface area contributed by atoms with Crippen LogP contribution in [0.1, 0.15) is 9.67 Å². The van der Waals surface area contributed by atoms with Gasteiger partial charge in [-0.3, -0.25) is 4.79 Å². The fraction of sp³-hybridized carbons (Fsp3) is 0.200. The van der Waals surface area contributed by atoms with Crippen LogP contribution in [0.25, 0.3) is 10.2 Å². The van der Waals surface area contributed by atoms with Crippen molar-refractivity contribution in [3.63, 3.8) is 0 Å². The van der Waals surface area contributed by atoms with Crippen LogP contribution in [0, 0.1) is 0 Å². The molecule has 2 aromatic heterocycles. The molecule has 0 aliphatic rings. The molecule has 1 aromatic carbocycles. The van der Waals surface area contributed by atoms with Gasteiger partial charge in [0.15, 0.2) is 4.80 Å². The van der Waals surface area contributed by atoms with E-state index in [0.29, 0.717) is 19.0 Å². The van der Waals surface area contributed by atoms with E-state index >= 15 is 0 Å². The number of aromatic nitrogens is 1. The quantitative estimate of drug-likeness (QED) is 0.602. The number of aryl methyl sites for hydroxylation is 1. The molecule has 0 fully saturated rings. The van der Waals surface area contributed by atoms with E-state index in [4.69, 9.17) is 23.2 Å². The Bertz CT molecular complexity index is 926. The summed E-state index contributed by atoms with van der Waals surface area (Å²) in [6.07, 6.45) is 2.06. The Morgan fingerprint density at radius 3 is 2.78 bits per heavy atom. The zero-order valence-electron chi connectivity index (χ0n) is 12.1. The Labute approximate surface area is 155 Å². The van der Waals surface area contributed by atoms with Crippen molar-refractivity contribution in [1.29, 1.82) is 0 Å². The van der Waals surface area contributed by atoms with Gasteiger partial charge in [0.25, 0.3) is 5.91 Å². The van der Waals surface area contributed by atoms with Crippen LogP contribution in [0.5, 0.6) is 0 Å². The van der Waals surface area contributed by atoms with Gasteiger partial charge in [-0.1, -0.05) is 34.5 Å². The molecule has 3 rings (SSSR count). The third kappa shape index (κ3) is 3.83. The first kappa shape index (κ1) is 17.0. The van der Waals surface area contributed by atoms with Gasteiger partial charge in [0, 0.05) is 17.3 Å². The number of halogens is 2. The SMILES string of the molecule is CSCCn1c(=NC(=O)c2ccc(Cl)s2)sc2cc(Cl)ccc21. The Morgan fingerprint density at radius 2 is 2.09 bits per heavy atom. The van der Waals surface area contributed by atoms with Gasteiger partial charge >= 0.3 is 0 Å². The van der Waals surface area contributed by atoms with Gasteiger partial charge in [-0.25, -0.2) is 0 Å². The minimum atomic E-state index is -0.266. The molecule has 0 saturated carbocycles. The number of thiophene rings is 1. The van der Waals surface area contributed by atoms with Gasteiger partial charge in [0.1, 0.15) is 0 Å². The van der Waals surface area contributed by atoms with E-state index < -0.39 is 0 Å². The molecule has 23 heavy (non-hydrogen) atoms. The molecule has 120 valence electrons. The number of rotatable bonds is 4. The number of nitrogens with zero attached hydrogens (tertiary/aromatic N) is 2. The molecule has 0 radical (unpaired) electrons. The van der Waals surface area contributed by atoms with Crippen LogP contribution in [0.4, 0.5) is 0 Å². The first-order valence-corrected chi connectivity index (χ1v) is 10.5. The van der Waals surface area contributed by atoms with E-state index in [1.807, 2.05) is 18.2 Å². The molecule has 0 saturated heterocycles. The number of fused-ring (bicyclic) bond motifs is 1. The minimum absolute atomic E-state index is 0.266. The zero-order chi connectivity index (χ0) is 16.4. The maximum atomic E-state index is 12.3. The van der Waals surface area contributed by atoms with Gasteiger partial charge in [-0.15, -0.1) is 11.3 Å². The molecule has 3 aromatic rings. The average molecular weight is 403 g/mol. The lowest BCUT2D eigenvalue weighted by atomic mass is 10.3. The molecule has 3 nitrogen and oxygen atoms in total. The highest BCUT2D eigenvalue weighted by Gasteiger charge is 2.11. The summed E-state index contributed by atoms with van der Waals surface area (Å²) in [4.78, 5) is 17.9. The monoisotopic (exact) mass is 402 g/mol. The highest BCUT2D eigenvalue weighted by atomic mass is 35.5. The summed E-state index contributed by atoms with van der Waals surface area (Å²) in [5, 5.41) is 0.679. The molecule has 0 aliphatic heterocycles. The summed E-state index contributed by atoms with van der Waals surface area (Å²) in [6.45, 7) is 0.792. The van der Waals surface area contributed by atoms with Crippen molar-refractivity contribution in [3.05, 3.63) is 49.4 Å². The molecule has 2 heterocycles. The first-order valence-electron chi connectivity index (χ1n) is 6.70. The largest absolute Gasteiger partial charge is 0.316 e. The molecule has 0 aliphatic carbocycles. The maximum absolute atomic E-state index is 12.3. The summed E-state index contributed by atoms with van der Waals surface area (Å²) in [6, 6.07) is 9.15. The number of hydrogen-bond donors (Lipinski definition) is 0. The number of amides is 1. The number of benzene rings is 1. The van der Waals surface area contributed by atoms with Gasteiger partial charge in [0.2, 0.25) is 0 Å². The van der Waals surface area contributed by atoms with Gasteiger partial charge in [0.05, 0.1) is 19.4 Å². The first-order chi connectivity index (χ1) is 11.1. The number of thioether (sulfide) groups is 1. The standard InChI is InChI=1S/C15H12Cl2N2OS3/c1-21-7-6-19-10-3-2-9(16)8-12(10)23-15(19)18-14(20)11-4-5-13(17)22-11/h2-5,8H,6-7H2,1H3. The lowest BCUT2D eigenvalue weighted by Crippen LogP contribution is -2.18. The fourth-order valence-electron chi connectivity index (χ4n) is 2.10. The van der Waals surface area contributed by atoms with Crippen molar-refractivity contribution >= 4 is 73.8 Å². The van der Waals surface area contributed by atoms with Crippen LogP contribution in [-0.4, -0.2) is 22.5 Å². The second-order valence-electron chi connectivity index (χ2n) is 4.66. The highest BCUT2D eigenvalue weighted by Crippen LogP contribution is 2.24. The molecule has 8 heteroatoms. The van der Waals surface area contributed by atoms with Gasteiger partial charge in [-0.2, -0.15) is 16.8 Å². The average Bonchev–Trinajstić information content (AvgIpc) is 3.08. The Morgan fingerprint density at radius 1 is 1.26 bits per heavy atom. The fourth-order valence-corrected chi connectivity index (χ4v) is 4.73. The van der Waals surface area contributed by atoms with Crippen LogP contribution in [0.3, 0.4) is 0 Å². The summed E-state index contributed by atoms with van der Waals surface area (Å²) in [5.41, 5.74) is 1.05. The second-order valence-corrected chi connectivity index (χ2v) is 8.81. The topological polar surface area (TPSA) is 34.4 Å². The number of thiazole rings is 1. The molecule has 1 amide bonds. The van der Waals surface area contributed by atoms with E-state index in [-0.39, 0.29) is 5.91 Å². The third-order valence-electron chi connectivity index (χ3n) is 3.14. The van der Waals surface area contributed by atoms with Crippen LogP contribution in [0.2, 0.25) is 9.36 Å². The molecule has 0 N–H and O–H groups in total. The predicted molar refractivity (Wildman–Crippen MR) is 102 cm³/mol. The Hall–Kier alpha value is -0.790. The number of carbonyl (C=O) groups is 1. The minimum Gasteiger partial charge on any atom is -0.316 e. The van der Waals surface area contributed by atoms with E-state index in [1.54, 1.807) is 23.9 Å². The lowest BCUT2D eigenvalue weighted by Gasteiger charge is -2.03. The van der Waals surface area contributed by atoms with E-state index in [9.17, 15) is 4.79 Å². The zero-order valence-corrected chi connectivity index (χ0v) is 16.0. The van der Waals surface area contributed by atoms with Crippen molar-refractivity contribution in [2.45, 2.75) is 6.54 Å². The van der Waals surface area contributed by atoms with Gasteiger partial charge in [-0.05, 0) is 36.6 Å². The molecule has 0 atom stereocenters. The molecular weight excluding hydrogens is 391 g/mol. The number of hydrogen-bond acceptors (Lipinski definition) is 4. The Kier molecular flexibility index (Phi) is 5.49. The normalized spacial score (nSPS) is 12.2. The Balaban J connectivity index is 2.11. The number of carbonyl (C=O) groups excluding carboxylic acids is 1. The van der Waals surface area contributed by atoms with E-state index in [1.165, 1.54) is 22.7 Å². The van der Waals surface area contributed by atoms with E-state index in [0.717, 1.165) is 22.5 Å². The van der Waals surface area contributed by atoms with Crippen molar-refractivity contribution in [2.75, 3.05) is 12.0 Å². The third-order valence-corrected chi connectivity index (χ3v) is 6.23. The summed E-state index contributed by atoms with van der Waals surface area (Å²) < 4.78 is 3.68. The summed E-state index contributed by atoms with van der Waals surface area (Å²) >= 11 is 16.4. The van der Waals surface area contributed by atoms with Crippen molar-refractivity contribution < 1.29 is 4.79 Å². The van der Waals surface area contributed by atoms with Crippen molar-refractivity contribution in [3.8, 4) is 0 Å². The summed E-state index contributed by atoms with van der Waals surface area (Å²) in [5.74, 6) is 0.679. The molecule has 0 spiro atoms. The highest BCUT2D eigenvalue weighted by molar-refractivity contribution is 7.98. The lowest BCUT2D eigenvalue weighted by molar-refractivity contribution is 0.100. The molecule has 0 bridgehead atoms.